The SMILES string of the molecule is CCC[C@@H](O)C(F)(F)C(=O)OCC. The molecule has 0 aliphatic rings. The van der Waals surface area contributed by atoms with Gasteiger partial charge in [0.2, 0.25) is 0 Å². The zero-order chi connectivity index (χ0) is 10.5. The lowest BCUT2D eigenvalue weighted by Crippen LogP contribution is -2.42. The highest BCUT2D eigenvalue weighted by molar-refractivity contribution is 5.78. The largest absolute Gasteiger partial charge is 0.461 e. The maximum Gasteiger partial charge on any atom is 0.379 e. The van der Waals surface area contributed by atoms with Gasteiger partial charge in [0.05, 0.1) is 6.61 Å². The number of halogens is 2. The molecule has 1 N–H and O–H groups in total. The predicted molar refractivity (Wildman–Crippen MR) is 42.5 cm³/mol. The van der Waals surface area contributed by atoms with Gasteiger partial charge in [-0.15, -0.1) is 0 Å². The lowest BCUT2D eigenvalue weighted by atomic mass is 10.1. The summed E-state index contributed by atoms with van der Waals surface area (Å²) < 4.78 is 29.8. The first-order chi connectivity index (χ1) is 5.96. The summed E-state index contributed by atoms with van der Waals surface area (Å²) >= 11 is 0. The molecule has 0 bridgehead atoms. The molecule has 0 unspecified atom stereocenters. The van der Waals surface area contributed by atoms with E-state index in [1.165, 1.54) is 6.92 Å². The van der Waals surface area contributed by atoms with Crippen molar-refractivity contribution in [1.29, 1.82) is 0 Å². The van der Waals surface area contributed by atoms with Gasteiger partial charge < -0.3 is 9.84 Å². The third-order valence-electron chi connectivity index (χ3n) is 1.53. The fraction of sp³-hybridized carbons (Fsp3) is 0.875. The molecule has 0 rings (SSSR count). The van der Waals surface area contributed by atoms with E-state index in [-0.39, 0.29) is 13.0 Å². The van der Waals surface area contributed by atoms with Crippen molar-refractivity contribution >= 4 is 5.97 Å². The Morgan fingerprint density at radius 1 is 1.54 bits per heavy atom. The van der Waals surface area contributed by atoms with Gasteiger partial charge in [-0.3, -0.25) is 0 Å². The molecule has 13 heavy (non-hydrogen) atoms. The minimum absolute atomic E-state index is 0.118. The first kappa shape index (κ1) is 12.3. The second-order valence-corrected chi connectivity index (χ2v) is 2.65. The first-order valence-electron chi connectivity index (χ1n) is 4.19. The van der Waals surface area contributed by atoms with Crippen LogP contribution in [0.5, 0.6) is 0 Å². The Balaban J connectivity index is 4.26. The van der Waals surface area contributed by atoms with Crippen LogP contribution in [0.4, 0.5) is 8.78 Å². The molecule has 78 valence electrons. The Morgan fingerprint density at radius 2 is 2.08 bits per heavy atom. The van der Waals surface area contributed by atoms with E-state index in [4.69, 9.17) is 5.11 Å². The van der Waals surface area contributed by atoms with Crippen LogP contribution < -0.4 is 0 Å². The third kappa shape index (κ3) is 3.26. The van der Waals surface area contributed by atoms with Crippen LogP contribution in [0.2, 0.25) is 0 Å². The second-order valence-electron chi connectivity index (χ2n) is 2.65. The zero-order valence-electron chi connectivity index (χ0n) is 7.72. The van der Waals surface area contributed by atoms with Crippen LogP contribution in [-0.4, -0.2) is 29.7 Å². The van der Waals surface area contributed by atoms with Crippen molar-refractivity contribution in [3.63, 3.8) is 0 Å². The highest BCUT2D eigenvalue weighted by Gasteiger charge is 2.47. The Labute approximate surface area is 75.7 Å². The molecule has 0 heterocycles. The normalized spacial score (nSPS) is 13.9. The molecule has 0 amide bonds. The van der Waals surface area contributed by atoms with E-state index in [1.54, 1.807) is 6.92 Å². The van der Waals surface area contributed by atoms with E-state index in [1.807, 2.05) is 0 Å². The van der Waals surface area contributed by atoms with Crippen molar-refractivity contribution in [3.05, 3.63) is 0 Å². The van der Waals surface area contributed by atoms with Crippen molar-refractivity contribution < 1.29 is 23.4 Å². The molecular formula is C8H14F2O3. The van der Waals surface area contributed by atoms with Crippen molar-refractivity contribution in [2.75, 3.05) is 6.61 Å². The number of hydrogen-bond donors (Lipinski definition) is 1. The number of ether oxygens (including phenoxy) is 1. The van der Waals surface area contributed by atoms with E-state index >= 15 is 0 Å². The van der Waals surface area contributed by atoms with E-state index in [0.29, 0.717) is 6.42 Å². The standard InChI is InChI=1S/C8H14F2O3/c1-3-5-6(11)8(9,10)7(12)13-4-2/h6,11H,3-5H2,1-2H3/t6-/m1/s1. The first-order valence-corrected chi connectivity index (χ1v) is 4.19. The van der Waals surface area contributed by atoms with E-state index in [9.17, 15) is 13.6 Å². The summed E-state index contributed by atoms with van der Waals surface area (Å²) in [6.07, 6.45) is -1.68. The van der Waals surface area contributed by atoms with E-state index in [2.05, 4.69) is 4.74 Å². The summed E-state index contributed by atoms with van der Waals surface area (Å²) in [6.45, 7) is 2.96. The van der Waals surface area contributed by atoms with Crippen molar-refractivity contribution in [1.82, 2.24) is 0 Å². The maximum absolute atomic E-state index is 12.9. The number of carbonyl (C=O) groups is 1. The van der Waals surface area contributed by atoms with Crippen molar-refractivity contribution in [2.24, 2.45) is 0 Å². The molecule has 0 spiro atoms. The maximum atomic E-state index is 12.9. The highest BCUT2D eigenvalue weighted by atomic mass is 19.3. The number of esters is 1. The Hall–Kier alpha value is -0.710. The van der Waals surface area contributed by atoms with E-state index in [0.717, 1.165) is 0 Å². The average molecular weight is 196 g/mol. The molecule has 0 aliphatic heterocycles. The number of rotatable bonds is 5. The minimum Gasteiger partial charge on any atom is -0.461 e. The number of aliphatic hydroxyl groups is 1. The Morgan fingerprint density at radius 3 is 2.46 bits per heavy atom. The fourth-order valence-electron chi connectivity index (χ4n) is 0.818. The van der Waals surface area contributed by atoms with Crippen molar-refractivity contribution in [2.45, 2.75) is 38.7 Å². The molecule has 0 saturated heterocycles. The highest BCUT2D eigenvalue weighted by Crippen LogP contribution is 2.23. The van der Waals surface area contributed by atoms with Gasteiger partial charge in [0.15, 0.2) is 0 Å². The monoisotopic (exact) mass is 196 g/mol. The summed E-state index contributed by atoms with van der Waals surface area (Å²) in [6, 6.07) is 0. The number of aliphatic hydroxyl groups excluding tert-OH is 1. The second kappa shape index (κ2) is 5.11. The van der Waals surface area contributed by atoms with Crippen LogP contribution in [0.25, 0.3) is 0 Å². The summed E-state index contributed by atoms with van der Waals surface area (Å²) in [5.41, 5.74) is 0. The number of carbonyl (C=O) groups excluding carboxylic acids is 1. The molecule has 5 heteroatoms. The molecule has 1 atom stereocenters. The van der Waals surface area contributed by atoms with Crippen LogP contribution >= 0.6 is 0 Å². The van der Waals surface area contributed by atoms with Gasteiger partial charge in [0, 0.05) is 0 Å². The van der Waals surface area contributed by atoms with Gasteiger partial charge in [0.1, 0.15) is 6.10 Å². The molecule has 0 radical (unpaired) electrons. The molecule has 3 nitrogen and oxygen atoms in total. The summed E-state index contributed by atoms with van der Waals surface area (Å²) in [5.74, 6) is -5.44. The zero-order valence-corrected chi connectivity index (χ0v) is 7.72. The summed E-state index contributed by atoms with van der Waals surface area (Å²) in [7, 11) is 0. The van der Waals surface area contributed by atoms with E-state index < -0.39 is 18.0 Å². The molecule has 0 aromatic heterocycles. The Bertz CT molecular complexity index is 171. The lowest BCUT2D eigenvalue weighted by Gasteiger charge is -2.19. The number of hydrogen-bond acceptors (Lipinski definition) is 3. The third-order valence-corrected chi connectivity index (χ3v) is 1.53. The summed E-state index contributed by atoms with van der Waals surface area (Å²) in [5, 5.41) is 8.92. The minimum atomic E-state index is -3.79. The van der Waals surface area contributed by atoms with Gasteiger partial charge >= 0.3 is 11.9 Å². The molecule has 0 aromatic carbocycles. The van der Waals surface area contributed by atoms with Gasteiger partial charge in [-0.05, 0) is 13.3 Å². The fourth-order valence-corrected chi connectivity index (χ4v) is 0.818. The lowest BCUT2D eigenvalue weighted by molar-refractivity contribution is -0.188. The topological polar surface area (TPSA) is 46.5 Å². The average Bonchev–Trinajstić information content (AvgIpc) is 2.05. The predicted octanol–water partition coefficient (Wildman–Crippen LogP) is 1.35. The number of alkyl halides is 2. The molecule has 0 aliphatic carbocycles. The Kier molecular flexibility index (Phi) is 4.83. The molecule has 0 aromatic rings. The molecular weight excluding hydrogens is 182 g/mol. The van der Waals surface area contributed by atoms with Crippen LogP contribution in [0.15, 0.2) is 0 Å². The van der Waals surface area contributed by atoms with Crippen molar-refractivity contribution in [3.8, 4) is 0 Å². The quantitative estimate of drug-likeness (QED) is 0.675. The van der Waals surface area contributed by atoms with Gasteiger partial charge in [-0.25, -0.2) is 4.79 Å². The van der Waals surface area contributed by atoms with Crippen LogP contribution in [0, 0.1) is 0 Å². The smallest absolute Gasteiger partial charge is 0.379 e. The van der Waals surface area contributed by atoms with Gasteiger partial charge in [-0.2, -0.15) is 8.78 Å². The molecule has 0 fully saturated rings. The van der Waals surface area contributed by atoms with Gasteiger partial charge in [0.25, 0.3) is 0 Å². The summed E-state index contributed by atoms with van der Waals surface area (Å²) in [4.78, 5) is 10.6. The van der Waals surface area contributed by atoms with Gasteiger partial charge in [-0.1, -0.05) is 13.3 Å². The van der Waals surface area contributed by atoms with Crippen LogP contribution in [-0.2, 0) is 9.53 Å². The van der Waals surface area contributed by atoms with Crippen LogP contribution in [0.1, 0.15) is 26.7 Å². The van der Waals surface area contributed by atoms with Crippen LogP contribution in [0.3, 0.4) is 0 Å². The molecule has 0 saturated carbocycles.